The first-order chi connectivity index (χ1) is 9.74. The topological polar surface area (TPSA) is 36.9 Å². The highest BCUT2D eigenvalue weighted by molar-refractivity contribution is 6.60. The fraction of sp³-hybridized carbons (Fsp3) is 0.867. The van der Waals surface area contributed by atoms with E-state index in [1.165, 1.54) is 0 Å². The molecular formula is C15H32O4Si. The minimum atomic E-state index is -2.52. The summed E-state index contributed by atoms with van der Waals surface area (Å²) >= 11 is 0. The average molecular weight is 305 g/mol. The maximum absolute atomic E-state index is 6.01. The highest BCUT2D eigenvalue weighted by atomic mass is 28.4. The fourth-order valence-electron chi connectivity index (χ4n) is 1.65. The smallest absolute Gasteiger partial charge is 0.501 e. The molecule has 0 saturated carbocycles. The molecule has 20 heavy (non-hydrogen) atoms. The Morgan fingerprint density at radius 1 is 0.800 bits per heavy atom. The van der Waals surface area contributed by atoms with Crippen molar-refractivity contribution in [1.29, 1.82) is 0 Å². The first-order valence-corrected chi connectivity index (χ1v) is 9.82. The van der Waals surface area contributed by atoms with Gasteiger partial charge in [-0.3, -0.25) is 0 Å². The zero-order valence-electron chi connectivity index (χ0n) is 13.7. The molecular weight excluding hydrogens is 272 g/mol. The standard InChI is InChI=1S/C15H32O4Si/c1-5-10-16-14-9-15-20(17-11-6-2,18-12-7-3)19-13-8-4/h5,10H,6-9,11-15H2,1-4H3. The summed E-state index contributed by atoms with van der Waals surface area (Å²) in [7, 11) is -2.52. The minimum absolute atomic E-state index is 0.680. The van der Waals surface area contributed by atoms with E-state index in [1.807, 2.05) is 13.0 Å². The Balaban J connectivity index is 4.41. The molecule has 0 aliphatic carbocycles. The van der Waals surface area contributed by atoms with Gasteiger partial charge in [-0.15, -0.1) is 0 Å². The number of allylic oxidation sites excluding steroid dienone is 1. The van der Waals surface area contributed by atoms with Crippen molar-refractivity contribution < 1.29 is 18.0 Å². The van der Waals surface area contributed by atoms with Gasteiger partial charge in [0.05, 0.1) is 12.9 Å². The molecule has 0 rings (SSSR count). The Hall–Kier alpha value is -0.363. The summed E-state index contributed by atoms with van der Waals surface area (Å²) in [5.74, 6) is 0. The molecule has 0 spiro atoms. The van der Waals surface area contributed by atoms with Gasteiger partial charge in [0.25, 0.3) is 0 Å². The fourth-order valence-corrected chi connectivity index (χ4v) is 4.46. The molecule has 0 amide bonds. The van der Waals surface area contributed by atoms with Crippen molar-refractivity contribution in [2.24, 2.45) is 0 Å². The van der Waals surface area contributed by atoms with Crippen LogP contribution in [0.25, 0.3) is 0 Å². The van der Waals surface area contributed by atoms with Crippen LogP contribution < -0.4 is 0 Å². The van der Waals surface area contributed by atoms with Crippen LogP contribution in [0.15, 0.2) is 12.3 Å². The van der Waals surface area contributed by atoms with Crippen molar-refractivity contribution in [3.05, 3.63) is 12.3 Å². The van der Waals surface area contributed by atoms with E-state index in [-0.39, 0.29) is 0 Å². The number of rotatable bonds is 14. The third-order valence-corrected chi connectivity index (χ3v) is 5.45. The molecule has 0 radical (unpaired) electrons. The van der Waals surface area contributed by atoms with Crippen LogP contribution >= 0.6 is 0 Å². The number of hydrogen-bond acceptors (Lipinski definition) is 4. The Morgan fingerprint density at radius 3 is 1.70 bits per heavy atom. The van der Waals surface area contributed by atoms with E-state index in [1.54, 1.807) is 6.26 Å². The second-order valence-electron chi connectivity index (χ2n) is 4.67. The molecule has 120 valence electrons. The SMILES string of the molecule is CC=COCCC[Si](OCCC)(OCCC)OCCC. The molecule has 0 unspecified atom stereocenters. The van der Waals surface area contributed by atoms with Gasteiger partial charge in [0, 0.05) is 25.9 Å². The molecule has 0 saturated heterocycles. The quantitative estimate of drug-likeness (QED) is 0.274. The molecule has 0 aromatic carbocycles. The van der Waals surface area contributed by atoms with Crippen LogP contribution in [0.5, 0.6) is 0 Å². The molecule has 0 aliphatic rings. The van der Waals surface area contributed by atoms with E-state index in [2.05, 4.69) is 20.8 Å². The Kier molecular flexibility index (Phi) is 13.4. The third-order valence-electron chi connectivity index (χ3n) is 2.56. The van der Waals surface area contributed by atoms with Gasteiger partial charge in [0.15, 0.2) is 0 Å². The van der Waals surface area contributed by atoms with Crippen LogP contribution in [0.3, 0.4) is 0 Å². The van der Waals surface area contributed by atoms with Gasteiger partial charge in [-0.25, -0.2) is 0 Å². The molecule has 4 nitrogen and oxygen atoms in total. The molecule has 0 heterocycles. The summed E-state index contributed by atoms with van der Waals surface area (Å²) in [5, 5.41) is 0. The first kappa shape index (κ1) is 19.6. The normalized spacial score (nSPS) is 12.2. The lowest BCUT2D eigenvalue weighted by Crippen LogP contribution is -2.46. The lowest BCUT2D eigenvalue weighted by atomic mass is 10.5. The molecule has 0 fully saturated rings. The van der Waals surface area contributed by atoms with Gasteiger partial charge in [-0.2, -0.15) is 0 Å². The molecule has 0 bridgehead atoms. The van der Waals surface area contributed by atoms with Crippen molar-refractivity contribution in [2.45, 2.75) is 59.4 Å². The summed E-state index contributed by atoms with van der Waals surface area (Å²) < 4.78 is 23.4. The summed E-state index contributed by atoms with van der Waals surface area (Å²) in [6.07, 6.45) is 7.45. The van der Waals surface area contributed by atoms with Crippen LogP contribution in [0.1, 0.15) is 53.4 Å². The maximum atomic E-state index is 6.01. The highest BCUT2D eigenvalue weighted by Crippen LogP contribution is 2.19. The number of ether oxygens (including phenoxy) is 1. The van der Waals surface area contributed by atoms with Gasteiger partial charge < -0.3 is 18.0 Å². The Bertz CT molecular complexity index is 212. The predicted octanol–water partition coefficient (Wildman–Crippen LogP) is 4.15. The Morgan fingerprint density at radius 2 is 1.30 bits per heavy atom. The van der Waals surface area contributed by atoms with Crippen molar-refractivity contribution in [2.75, 3.05) is 26.4 Å². The molecule has 0 atom stereocenters. The molecule has 0 N–H and O–H groups in total. The van der Waals surface area contributed by atoms with E-state index < -0.39 is 8.80 Å². The van der Waals surface area contributed by atoms with Gasteiger partial charge in [0.2, 0.25) is 0 Å². The molecule has 0 aliphatic heterocycles. The summed E-state index contributed by atoms with van der Waals surface area (Å²) in [4.78, 5) is 0. The zero-order valence-corrected chi connectivity index (χ0v) is 14.7. The van der Waals surface area contributed by atoms with Gasteiger partial charge in [0.1, 0.15) is 0 Å². The lowest BCUT2D eigenvalue weighted by Gasteiger charge is -2.29. The lowest BCUT2D eigenvalue weighted by molar-refractivity contribution is 0.0572. The van der Waals surface area contributed by atoms with E-state index in [4.69, 9.17) is 18.0 Å². The predicted molar refractivity (Wildman–Crippen MR) is 84.7 cm³/mol. The summed E-state index contributed by atoms with van der Waals surface area (Å²) in [6.45, 7) is 11.0. The van der Waals surface area contributed by atoms with Crippen LogP contribution in [0, 0.1) is 0 Å². The largest absolute Gasteiger partial charge is 0.502 e. The van der Waals surface area contributed by atoms with E-state index in [9.17, 15) is 0 Å². The van der Waals surface area contributed by atoms with Gasteiger partial charge in [-0.05, 0) is 32.6 Å². The van der Waals surface area contributed by atoms with Crippen molar-refractivity contribution in [3.63, 3.8) is 0 Å². The number of hydrogen-bond donors (Lipinski definition) is 0. The summed E-state index contributed by atoms with van der Waals surface area (Å²) in [6, 6.07) is 0.824. The van der Waals surface area contributed by atoms with Crippen LogP contribution in [-0.4, -0.2) is 35.2 Å². The van der Waals surface area contributed by atoms with Crippen molar-refractivity contribution in [1.82, 2.24) is 0 Å². The second kappa shape index (κ2) is 13.6. The van der Waals surface area contributed by atoms with Crippen LogP contribution in [0.2, 0.25) is 6.04 Å². The molecule has 5 heteroatoms. The highest BCUT2D eigenvalue weighted by Gasteiger charge is 2.40. The Labute approximate surface area is 125 Å². The van der Waals surface area contributed by atoms with Crippen LogP contribution in [-0.2, 0) is 18.0 Å². The third kappa shape index (κ3) is 9.53. The van der Waals surface area contributed by atoms with Crippen LogP contribution in [0.4, 0.5) is 0 Å². The second-order valence-corrected chi connectivity index (χ2v) is 7.40. The molecule has 0 aromatic heterocycles. The summed E-state index contributed by atoms with van der Waals surface area (Å²) in [5.41, 5.74) is 0. The maximum Gasteiger partial charge on any atom is 0.501 e. The van der Waals surface area contributed by atoms with Crippen molar-refractivity contribution in [3.8, 4) is 0 Å². The van der Waals surface area contributed by atoms with Gasteiger partial charge >= 0.3 is 8.80 Å². The molecule has 0 aromatic rings. The first-order valence-electron chi connectivity index (χ1n) is 7.89. The van der Waals surface area contributed by atoms with Crippen molar-refractivity contribution >= 4 is 8.80 Å². The van der Waals surface area contributed by atoms with E-state index in [0.29, 0.717) is 26.4 Å². The zero-order chi connectivity index (χ0) is 15.1. The average Bonchev–Trinajstić information content (AvgIpc) is 2.48. The monoisotopic (exact) mass is 304 g/mol. The van der Waals surface area contributed by atoms with E-state index >= 15 is 0 Å². The van der Waals surface area contributed by atoms with E-state index in [0.717, 1.165) is 31.7 Å². The van der Waals surface area contributed by atoms with Gasteiger partial charge in [-0.1, -0.05) is 26.8 Å². The minimum Gasteiger partial charge on any atom is -0.502 e.